The Bertz CT molecular complexity index is 478. The van der Waals surface area contributed by atoms with Crippen molar-refractivity contribution in [2.24, 2.45) is 0 Å². The van der Waals surface area contributed by atoms with Crippen LogP contribution in [0.15, 0.2) is 12.4 Å². The second-order valence-electron chi connectivity index (χ2n) is 6.24. The highest BCUT2D eigenvalue weighted by Crippen LogP contribution is 2.24. The fourth-order valence-corrected chi connectivity index (χ4v) is 3.63. The van der Waals surface area contributed by atoms with Crippen molar-refractivity contribution in [1.82, 2.24) is 19.8 Å². The van der Waals surface area contributed by atoms with Crippen molar-refractivity contribution in [2.75, 3.05) is 19.6 Å². The van der Waals surface area contributed by atoms with Gasteiger partial charge >= 0.3 is 0 Å². The van der Waals surface area contributed by atoms with Crippen molar-refractivity contribution < 1.29 is 4.79 Å². The minimum absolute atomic E-state index is 0.317. The first-order chi connectivity index (χ1) is 10.3. The van der Waals surface area contributed by atoms with Gasteiger partial charge in [-0.1, -0.05) is 6.92 Å². The van der Waals surface area contributed by atoms with E-state index in [1.54, 1.807) is 0 Å². The molecule has 0 saturated carbocycles. The number of carbonyl (C=O) groups excluding carboxylic acids is 1. The summed E-state index contributed by atoms with van der Waals surface area (Å²) in [5.74, 6) is 1.45. The van der Waals surface area contributed by atoms with Gasteiger partial charge in [0.1, 0.15) is 5.82 Å². The van der Waals surface area contributed by atoms with Gasteiger partial charge in [0.15, 0.2) is 0 Å². The summed E-state index contributed by atoms with van der Waals surface area (Å²) in [5.41, 5.74) is 0. The Kier molecular flexibility index (Phi) is 4.58. The molecule has 5 nitrogen and oxygen atoms in total. The maximum absolute atomic E-state index is 12.5. The highest BCUT2D eigenvalue weighted by Gasteiger charge is 2.27. The van der Waals surface area contributed by atoms with E-state index in [9.17, 15) is 4.79 Å². The van der Waals surface area contributed by atoms with E-state index in [0.29, 0.717) is 24.4 Å². The van der Waals surface area contributed by atoms with Gasteiger partial charge < -0.3 is 14.8 Å². The quantitative estimate of drug-likeness (QED) is 0.919. The first kappa shape index (κ1) is 14.6. The topological polar surface area (TPSA) is 50.2 Å². The van der Waals surface area contributed by atoms with E-state index in [1.165, 1.54) is 6.42 Å². The van der Waals surface area contributed by atoms with Crippen molar-refractivity contribution in [3.05, 3.63) is 18.2 Å². The van der Waals surface area contributed by atoms with E-state index < -0.39 is 0 Å². The number of carbonyl (C=O) groups is 1. The van der Waals surface area contributed by atoms with Crippen LogP contribution in [0.1, 0.15) is 50.9 Å². The molecule has 0 aromatic carbocycles. The Morgan fingerprint density at radius 1 is 1.43 bits per heavy atom. The summed E-state index contributed by atoms with van der Waals surface area (Å²) in [5, 5.41) is 3.42. The lowest BCUT2D eigenvalue weighted by molar-refractivity contribution is -0.133. The smallest absolute Gasteiger partial charge is 0.224 e. The summed E-state index contributed by atoms with van der Waals surface area (Å²) < 4.78 is 2.27. The van der Waals surface area contributed by atoms with E-state index in [1.807, 2.05) is 6.20 Å². The highest BCUT2D eigenvalue weighted by molar-refractivity contribution is 5.77. The molecule has 2 atom stereocenters. The van der Waals surface area contributed by atoms with E-state index >= 15 is 0 Å². The molecule has 2 aliphatic heterocycles. The summed E-state index contributed by atoms with van der Waals surface area (Å²) in [6.07, 6.45) is 10.1. The normalized spacial score (nSPS) is 26.2. The highest BCUT2D eigenvalue weighted by atomic mass is 16.2. The van der Waals surface area contributed by atoms with Crippen LogP contribution in [0, 0.1) is 0 Å². The Morgan fingerprint density at radius 2 is 2.33 bits per heavy atom. The standard InChI is InChI=1S/C16H26N4O/c1-2-15-18-8-10-20(15)14-6-4-9-19(12-14)16(21)11-13-5-3-7-17-13/h8,10,13-14,17H,2-7,9,11-12H2,1H3. The lowest BCUT2D eigenvalue weighted by Gasteiger charge is -2.34. The molecule has 21 heavy (non-hydrogen) atoms. The third-order valence-electron chi connectivity index (χ3n) is 4.79. The Balaban J connectivity index is 1.61. The second kappa shape index (κ2) is 6.60. The lowest BCUT2D eigenvalue weighted by atomic mass is 10.0. The van der Waals surface area contributed by atoms with Crippen LogP contribution in [0.5, 0.6) is 0 Å². The maximum atomic E-state index is 12.5. The average molecular weight is 290 g/mol. The van der Waals surface area contributed by atoms with Crippen molar-refractivity contribution in [3.63, 3.8) is 0 Å². The molecule has 2 saturated heterocycles. The fourth-order valence-electron chi connectivity index (χ4n) is 3.63. The van der Waals surface area contributed by atoms with Gasteiger partial charge in [-0.2, -0.15) is 0 Å². The SMILES string of the molecule is CCc1nccn1C1CCCN(C(=O)CC2CCCN2)C1. The van der Waals surface area contributed by atoms with E-state index in [2.05, 4.69) is 32.9 Å². The zero-order valence-electron chi connectivity index (χ0n) is 12.9. The van der Waals surface area contributed by atoms with Crippen LogP contribution in [0.25, 0.3) is 0 Å². The number of aryl methyl sites for hydroxylation is 1. The van der Waals surface area contributed by atoms with Crippen LogP contribution in [0.2, 0.25) is 0 Å². The molecule has 1 N–H and O–H groups in total. The van der Waals surface area contributed by atoms with Crippen molar-refractivity contribution in [3.8, 4) is 0 Å². The van der Waals surface area contributed by atoms with Gasteiger partial charge in [0.05, 0.1) is 6.04 Å². The number of hydrogen-bond acceptors (Lipinski definition) is 3. The minimum atomic E-state index is 0.317. The van der Waals surface area contributed by atoms with E-state index in [-0.39, 0.29) is 0 Å². The predicted molar refractivity (Wildman–Crippen MR) is 82.1 cm³/mol. The molecule has 5 heteroatoms. The van der Waals surface area contributed by atoms with Gasteiger partial charge in [-0.05, 0) is 32.2 Å². The number of nitrogens with one attached hydrogen (secondary N) is 1. The number of likely N-dealkylation sites (tertiary alicyclic amines) is 1. The number of piperidine rings is 1. The van der Waals surface area contributed by atoms with Crippen molar-refractivity contribution >= 4 is 5.91 Å². The second-order valence-corrected chi connectivity index (χ2v) is 6.24. The average Bonchev–Trinajstić information content (AvgIpc) is 3.18. The molecule has 1 amide bonds. The molecule has 2 aliphatic rings. The van der Waals surface area contributed by atoms with Gasteiger partial charge in [0.2, 0.25) is 5.91 Å². The first-order valence-electron chi connectivity index (χ1n) is 8.30. The minimum Gasteiger partial charge on any atom is -0.341 e. The van der Waals surface area contributed by atoms with Gasteiger partial charge in [-0.15, -0.1) is 0 Å². The molecule has 2 unspecified atom stereocenters. The van der Waals surface area contributed by atoms with Crippen LogP contribution >= 0.6 is 0 Å². The van der Waals surface area contributed by atoms with E-state index in [4.69, 9.17) is 0 Å². The molecular formula is C16H26N4O. The summed E-state index contributed by atoms with van der Waals surface area (Å²) in [4.78, 5) is 19.0. The molecule has 0 aliphatic carbocycles. The van der Waals surface area contributed by atoms with Crippen LogP contribution in [-0.2, 0) is 11.2 Å². The monoisotopic (exact) mass is 290 g/mol. The Morgan fingerprint density at radius 3 is 3.10 bits per heavy atom. The molecule has 2 fully saturated rings. The zero-order valence-corrected chi connectivity index (χ0v) is 12.9. The van der Waals surface area contributed by atoms with Crippen molar-refractivity contribution in [1.29, 1.82) is 0 Å². The van der Waals surface area contributed by atoms with Crippen molar-refractivity contribution in [2.45, 2.75) is 57.5 Å². The molecule has 1 aromatic rings. The third kappa shape index (κ3) is 3.28. The number of nitrogens with zero attached hydrogens (tertiary/aromatic N) is 3. The van der Waals surface area contributed by atoms with Crippen LogP contribution in [0.4, 0.5) is 0 Å². The predicted octanol–water partition coefficient (Wildman–Crippen LogP) is 1.75. The fraction of sp³-hybridized carbons (Fsp3) is 0.750. The molecule has 0 bridgehead atoms. The Hall–Kier alpha value is -1.36. The van der Waals surface area contributed by atoms with Crippen LogP contribution in [-0.4, -0.2) is 46.0 Å². The van der Waals surface area contributed by atoms with Gasteiger partial charge in [-0.25, -0.2) is 4.98 Å². The molecule has 3 rings (SSSR count). The summed E-state index contributed by atoms with van der Waals surface area (Å²) in [6.45, 7) is 4.96. The summed E-state index contributed by atoms with van der Waals surface area (Å²) >= 11 is 0. The van der Waals surface area contributed by atoms with Crippen LogP contribution < -0.4 is 5.32 Å². The number of hydrogen-bond donors (Lipinski definition) is 1. The molecule has 0 radical (unpaired) electrons. The van der Waals surface area contributed by atoms with Crippen LogP contribution in [0.3, 0.4) is 0 Å². The Labute approximate surface area is 126 Å². The number of rotatable bonds is 4. The number of aromatic nitrogens is 2. The molecule has 3 heterocycles. The van der Waals surface area contributed by atoms with E-state index in [0.717, 1.165) is 51.1 Å². The first-order valence-corrected chi connectivity index (χ1v) is 8.30. The molecule has 116 valence electrons. The largest absolute Gasteiger partial charge is 0.341 e. The zero-order chi connectivity index (χ0) is 14.7. The van der Waals surface area contributed by atoms with Gasteiger partial charge in [0.25, 0.3) is 0 Å². The molecule has 1 aromatic heterocycles. The molecular weight excluding hydrogens is 264 g/mol. The third-order valence-corrected chi connectivity index (χ3v) is 4.79. The summed E-state index contributed by atoms with van der Waals surface area (Å²) in [7, 11) is 0. The van der Waals surface area contributed by atoms with Gasteiger partial charge in [-0.3, -0.25) is 4.79 Å². The van der Waals surface area contributed by atoms with Gasteiger partial charge in [0, 0.05) is 44.4 Å². The lowest BCUT2D eigenvalue weighted by Crippen LogP contribution is -2.42. The number of imidazole rings is 1. The maximum Gasteiger partial charge on any atom is 0.224 e. The number of amides is 1. The molecule has 0 spiro atoms. The summed E-state index contributed by atoms with van der Waals surface area (Å²) in [6, 6.07) is 0.800.